The smallest absolute Gasteiger partial charge is 0.257 e. The van der Waals surface area contributed by atoms with Crippen LogP contribution in [0.3, 0.4) is 0 Å². The SMILES string of the molecule is C=CCOC[C@]12CCCO[C@H]1CCN(C(=O)c1ccoc1C)C2. The minimum Gasteiger partial charge on any atom is -0.469 e. The molecular formula is C18H25NO4. The van der Waals surface area contributed by atoms with Gasteiger partial charge in [0, 0.05) is 25.1 Å². The van der Waals surface area contributed by atoms with E-state index in [2.05, 4.69) is 6.58 Å². The van der Waals surface area contributed by atoms with Crippen molar-refractivity contribution in [2.75, 3.05) is 32.9 Å². The van der Waals surface area contributed by atoms with Gasteiger partial charge in [-0.3, -0.25) is 4.79 Å². The van der Waals surface area contributed by atoms with Crippen LogP contribution in [0.5, 0.6) is 0 Å². The Morgan fingerprint density at radius 1 is 1.61 bits per heavy atom. The van der Waals surface area contributed by atoms with Crippen molar-refractivity contribution >= 4 is 5.91 Å². The number of carbonyl (C=O) groups excluding carboxylic acids is 1. The predicted octanol–water partition coefficient (Wildman–Crippen LogP) is 2.80. The topological polar surface area (TPSA) is 51.9 Å². The van der Waals surface area contributed by atoms with Gasteiger partial charge in [0.1, 0.15) is 5.76 Å². The summed E-state index contributed by atoms with van der Waals surface area (Å²) >= 11 is 0. The van der Waals surface area contributed by atoms with Crippen molar-refractivity contribution in [1.82, 2.24) is 4.90 Å². The Morgan fingerprint density at radius 2 is 2.48 bits per heavy atom. The Labute approximate surface area is 137 Å². The van der Waals surface area contributed by atoms with E-state index in [0.717, 1.165) is 32.4 Å². The first-order chi connectivity index (χ1) is 11.2. The lowest BCUT2D eigenvalue weighted by molar-refractivity contribution is -0.144. The molecule has 0 aliphatic carbocycles. The summed E-state index contributed by atoms with van der Waals surface area (Å²) in [5, 5.41) is 0. The van der Waals surface area contributed by atoms with Crippen LogP contribution in [0.25, 0.3) is 0 Å². The molecule has 0 N–H and O–H groups in total. The Kier molecular flexibility index (Phi) is 4.87. The fraction of sp³-hybridized carbons (Fsp3) is 0.611. The number of carbonyl (C=O) groups is 1. The lowest BCUT2D eigenvalue weighted by Gasteiger charge is -2.50. The van der Waals surface area contributed by atoms with Crippen LogP contribution in [0, 0.1) is 12.3 Å². The lowest BCUT2D eigenvalue weighted by Crippen LogP contribution is -2.58. The molecule has 5 nitrogen and oxygen atoms in total. The van der Waals surface area contributed by atoms with Gasteiger partial charge in [-0.25, -0.2) is 0 Å². The summed E-state index contributed by atoms with van der Waals surface area (Å²) in [4.78, 5) is 14.7. The number of hydrogen-bond donors (Lipinski definition) is 0. The highest BCUT2D eigenvalue weighted by Crippen LogP contribution is 2.41. The van der Waals surface area contributed by atoms with Gasteiger partial charge in [0.05, 0.1) is 31.1 Å². The molecule has 2 aliphatic rings. The summed E-state index contributed by atoms with van der Waals surface area (Å²) < 4.78 is 17.0. The van der Waals surface area contributed by atoms with Gasteiger partial charge in [-0.15, -0.1) is 6.58 Å². The van der Waals surface area contributed by atoms with Crippen LogP contribution >= 0.6 is 0 Å². The zero-order valence-electron chi connectivity index (χ0n) is 13.8. The number of hydrogen-bond acceptors (Lipinski definition) is 4. The van der Waals surface area contributed by atoms with Gasteiger partial charge in [0.25, 0.3) is 5.91 Å². The molecule has 23 heavy (non-hydrogen) atoms. The molecule has 3 rings (SSSR count). The van der Waals surface area contributed by atoms with Crippen molar-refractivity contribution < 1.29 is 18.7 Å². The molecule has 1 aromatic rings. The third-order valence-electron chi connectivity index (χ3n) is 4.99. The number of piperidine rings is 1. The van der Waals surface area contributed by atoms with Crippen LogP contribution in [0.4, 0.5) is 0 Å². The summed E-state index contributed by atoms with van der Waals surface area (Å²) in [5.41, 5.74) is 0.551. The van der Waals surface area contributed by atoms with E-state index in [-0.39, 0.29) is 17.4 Å². The standard InChI is InChI=1S/C18H25NO4/c1-3-9-21-13-18-7-4-10-23-16(18)5-8-19(12-18)17(20)15-6-11-22-14(15)2/h3,6,11,16H,1,4-5,7-10,12-13H2,2H3/t16-,18+/m0/s1. The van der Waals surface area contributed by atoms with Crippen molar-refractivity contribution in [3.63, 3.8) is 0 Å². The average Bonchev–Trinajstić information content (AvgIpc) is 3.00. The molecule has 0 aromatic carbocycles. The monoisotopic (exact) mass is 319 g/mol. The predicted molar refractivity (Wildman–Crippen MR) is 86.4 cm³/mol. The van der Waals surface area contributed by atoms with Crippen molar-refractivity contribution in [1.29, 1.82) is 0 Å². The summed E-state index contributed by atoms with van der Waals surface area (Å²) in [6.07, 6.45) is 6.41. The van der Waals surface area contributed by atoms with Crippen LogP contribution in [-0.2, 0) is 9.47 Å². The summed E-state index contributed by atoms with van der Waals surface area (Å²) in [7, 11) is 0. The van der Waals surface area contributed by atoms with Crippen LogP contribution in [-0.4, -0.2) is 49.8 Å². The maximum atomic E-state index is 12.8. The maximum absolute atomic E-state index is 12.8. The molecule has 2 atom stereocenters. The van der Waals surface area contributed by atoms with Gasteiger partial charge in [0.15, 0.2) is 0 Å². The maximum Gasteiger partial charge on any atom is 0.257 e. The number of amides is 1. The van der Waals surface area contributed by atoms with Crippen molar-refractivity contribution in [3.05, 3.63) is 36.3 Å². The number of rotatable bonds is 5. The van der Waals surface area contributed by atoms with E-state index in [4.69, 9.17) is 13.9 Å². The first-order valence-corrected chi connectivity index (χ1v) is 8.30. The van der Waals surface area contributed by atoms with E-state index in [0.29, 0.717) is 31.1 Å². The Bertz CT molecular complexity index is 567. The molecule has 1 aromatic heterocycles. The van der Waals surface area contributed by atoms with E-state index in [1.807, 2.05) is 11.8 Å². The average molecular weight is 319 g/mol. The Balaban J connectivity index is 1.76. The summed E-state index contributed by atoms with van der Waals surface area (Å²) in [5.74, 6) is 0.720. The van der Waals surface area contributed by atoms with Gasteiger partial charge >= 0.3 is 0 Å². The largest absolute Gasteiger partial charge is 0.469 e. The Morgan fingerprint density at radius 3 is 3.22 bits per heavy atom. The van der Waals surface area contributed by atoms with Gasteiger partial charge < -0.3 is 18.8 Å². The molecular weight excluding hydrogens is 294 g/mol. The zero-order chi connectivity index (χ0) is 16.3. The fourth-order valence-corrected chi connectivity index (χ4v) is 3.80. The molecule has 0 unspecified atom stereocenters. The highest BCUT2D eigenvalue weighted by atomic mass is 16.5. The van der Waals surface area contributed by atoms with E-state index < -0.39 is 0 Å². The van der Waals surface area contributed by atoms with Crippen molar-refractivity contribution in [2.45, 2.75) is 32.3 Å². The fourth-order valence-electron chi connectivity index (χ4n) is 3.80. The second-order valence-electron chi connectivity index (χ2n) is 6.54. The highest BCUT2D eigenvalue weighted by molar-refractivity contribution is 5.95. The molecule has 5 heteroatoms. The minimum absolute atomic E-state index is 0.0448. The zero-order valence-corrected chi connectivity index (χ0v) is 13.8. The second kappa shape index (κ2) is 6.89. The Hall–Kier alpha value is -1.59. The van der Waals surface area contributed by atoms with Crippen molar-refractivity contribution in [3.8, 4) is 0 Å². The van der Waals surface area contributed by atoms with Gasteiger partial charge in [-0.1, -0.05) is 6.08 Å². The molecule has 0 bridgehead atoms. The number of ether oxygens (including phenoxy) is 2. The first kappa shape index (κ1) is 16.3. The number of likely N-dealkylation sites (tertiary alicyclic amines) is 1. The van der Waals surface area contributed by atoms with Gasteiger partial charge in [-0.05, 0) is 32.3 Å². The van der Waals surface area contributed by atoms with Crippen LogP contribution in [0.2, 0.25) is 0 Å². The molecule has 126 valence electrons. The molecule has 1 amide bonds. The number of aryl methyl sites for hydroxylation is 1. The normalized spacial score (nSPS) is 27.5. The summed E-state index contributed by atoms with van der Waals surface area (Å²) in [6.45, 7) is 8.87. The molecule has 0 spiro atoms. The molecule has 2 fully saturated rings. The molecule has 3 heterocycles. The minimum atomic E-state index is -0.104. The molecule has 2 saturated heterocycles. The third kappa shape index (κ3) is 3.21. The molecule has 0 saturated carbocycles. The lowest BCUT2D eigenvalue weighted by atomic mass is 9.73. The second-order valence-corrected chi connectivity index (χ2v) is 6.54. The van der Waals surface area contributed by atoms with Crippen LogP contribution in [0.1, 0.15) is 35.4 Å². The van der Waals surface area contributed by atoms with E-state index in [1.165, 1.54) is 0 Å². The van der Waals surface area contributed by atoms with Crippen molar-refractivity contribution in [2.24, 2.45) is 5.41 Å². The van der Waals surface area contributed by atoms with Gasteiger partial charge in [-0.2, -0.15) is 0 Å². The molecule has 0 radical (unpaired) electrons. The summed E-state index contributed by atoms with van der Waals surface area (Å²) in [6, 6.07) is 1.75. The number of fused-ring (bicyclic) bond motifs is 1. The van der Waals surface area contributed by atoms with E-state index >= 15 is 0 Å². The first-order valence-electron chi connectivity index (χ1n) is 8.30. The highest BCUT2D eigenvalue weighted by Gasteiger charge is 2.47. The molecule has 2 aliphatic heterocycles. The van der Waals surface area contributed by atoms with Crippen LogP contribution in [0.15, 0.2) is 29.4 Å². The number of furan rings is 1. The third-order valence-corrected chi connectivity index (χ3v) is 4.99. The van der Waals surface area contributed by atoms with Gasteiger partial charge in [0.2, 0.25) is 0 Å². The van der Waals surface area contributed by atoms with Crippen LogP contribution < -0.4 is 0 Å². The van der Waals surface area contributed by atoms with E-state index in [9.17, 15) is 4.79 Å². The number of nitrogens with zero attached hydrogens (tertiary/aromatic N) is 1. The van der Waals surface area contributed by atoms with E-state index in [1.54, 1.807) is 18.4 Å². The quantitative estimate of drug-likeness (QED) is 0.618.